The lowest BCUT2D eigenvalue weighted by molar-refractivity contribution is 0.0698. The molecule has 0 aromatic heterocycles. The Morgan fingerprint density at radius 3 is 0.385 bits per heavy atom. The van der Waals surface area contributed by atoms with Crippen molar-refractivity contribution in [2.75, 3.05) is 79.3 Å². The van der Waals surface area contributed by atoms with Crippen molar-refractivity contribution in [3.63, 3.8) is 0 Å². The van der Waals surface area contributed by atoms with Gasteiger partial charge in [-0.15, -0.1) is 0 Å². The van der Waals surface area contributed by atoms with E-state index in [1.807, 2.05) is 83.1 Å². The second-order valence-electron chi connectivity index (χ2n) is 27.6. The van der Waals surface area contributed by atoms with Crippen LogP contribution in [0.15, 0.2) is 0 Å². The summed E-state index contributed by atoms with van der Waals surface area (Å²) < 4.78 is 105. The van der Waals surface area contributed by atoms with Crippen molar-refractivity contribution in [3.05, 3.63) is 0 Å². The molecule has 0 amide bonds. The van der Waals surface area contributed by atoms with Crippen molar-refractivity contribution in [3.8, 4) is 0 Å². The molecule has 0 atom stereocenters. The van der Waals surface area contributed by atoms with Gasteiger partial charge in [0, 0.05) is 103 Å². The zero-order valence-electron chi connectivity index (χ0n) is 66.1. The van der Waals surface area contributed by atoms with Gasteiger partial charge < -0.3 is 69.6 Å². The Balaban J connectivity index is 3.18. The van der Waals surface area contributed by atoms with Crippen LogP contribution in [0.2, 0.25) is 74.5 Å². The van der Waals surface area contributed by atoms with Crippen LogP contribution < -0.4 is 0 Å². The maximum atomic E-state index is 7.81. The number of hydrogen-bond acceptors (Lipinski definition) is 16. The topological polar surface area (TPSA) is 148 Å². The van der Waals surface area contributed by atoms with E-state index in [4.69, 9.17) is 69.6 Å². The van der Waals surface area contributed by atoms with Gasteiger partial charge in [0.25, 0.3) is 0 Å². The van der Waals surface area contributed by atoms with Crippen LogP contribution in [0.3, 0.4) is 0 Å². The first-order valence-electron chi connectivity index (χ1n) is 40.9. The molecule has 0 bridgehead atoms. The van der Waals surface area contributed by atoms with Crippen molar-refractivity contribution < 1.29 is 69.6 Å². The molecule has 1 aliphatic rings. The molecule has 0 N–H and O–H groups in total. The summed E-state index contributed by atoms with van der Waals surface area (Å²) in [5.74, 6) is 0. The molecule has 0 saturated carbocycles. The molecular weight excluding hydrogens is 1350 g/mol. The fourth-order valence-corrected chi connectivity index (χ4v) is 48.8. The zero-order chi connectivity index (χ0) is 70.9. The largest absolute Gasteiger partial charge is 0.500 e. The van der Waals surface area contributed by atoms with E-state index in [0.717, 1.165) is 99.7 Å². The van der Waals surface area contributed by atoms with Gasteiger partial charge in [0.15, 0.2) is 0 Å². The van der Waals surface area contributed by atoms with Crippen molar-refractivity contribution >= 4 is 69.5 Å². The molecular formula is C72H160O16Si8. The molecule has 24 heteroatoms. The fraction of sp³-hybridized carbons (Fsp3) is 1.00. The van der Waals surface area contributed by atoms with Gasteiger partial charge in [-0.2, -0.15) is 0 Å². The average Bonchev–Trinajstić information content (AvgIpc) is 0.770. The second-order valence-corrected chi connectivity index (χ2v) is 52.9. The van der Waals surface area contributed by atoms with Crippen LogP contribution in [0.25, 0.3) is 0 Å². The lowest BCUT2D eigenvalue weighted by Crippen LogP contribution is -2.67. The van der Waals surface area contributed by atoms with E-state index in [1.165, 1.54) is 180 Å². The van der Waals surface area contributed by atoms with Crippen molar-refractivity contribution in [2.24, 2.45) is 0 Å². The molecule has 1 rings (SSSR count). The summed E-state index contributed by atoms with van der Waals surface area (Å²) in [6, 6.07) is 7.73. The third-order valence-corrected chi connectivity index (χ3v) is 50.0. The average molecular weight is 1510 g/mol. The van der Waals surface area contributed by atoms with Gasteiger partial charge in [-0.1, -0.05) is 205 Å². The minimum absolute atomic E-state index is 0.643. The van der Waals surface area contributed by atoms with E-state index in [2.05, 4.69) is 26.2 Å². The summed E-state index contributed by atoms with van der Waals surface area (Å²) in [6.07, 6.45) is 44.2. The third-order valence-electron chi connectivity index (χ3n) is 18.6. The predicted molar refractivity (Wildman–Crippen MR) is 418 cm³/mol. The number of unbranched alkanes of at least 4 members (excludes halogenated alkanes) is 32. The maximum absolute atomic E-state index is 7.81. The van der Waals surface area contributed by atoms with Gasteiger partial charge in [0.1, 0.15) is 0 Å². The van der Waals surface area contributed by atoms with E-state index < -0.39 is 69.5 Å². The minimum Gasteiger partial charge on any atom is -0.416 e. The smallest absolute Gasteiger partial charge is 0.416 e. The Morgan fingerprint density at radius 2 is 0.271 bits per heavy atom. The summed E-state index contributed by atoms with van der Waals surface area (Å²) in [4.78, 5) is 0. The van der Waals surface area contributed by atoms with Gasteiger partial charge in [0.2, 0.25) is 0 Å². The summed E-state index contributed by atoms with van der Waals surface area (Å²) in [5.41, 5.74) is 0. The van der Waals surface area contributed by atoms with Crippen LogP contribution in [-0.2, 0) is 69.6 Å². The minimum atomic E-state index is -2.70. The molecule has 0 unspecified atom stereocenters. The van der Waals surface area contributed by atoms with Gasteiger partial charge in [-0.05, 0) is 159 Å². The summed E-state index contributed by atoms with van der Waals surface area (Å²) >= 11 is 0. The molecule has 576 valence electrons. The molecule has 1 aliphatic heterocycles. The van der Waals surface area contributed by atoms with E-state index >= 15 is 0 Å². The highest BCUT2D eigenvalue weighted by Gasteiger charge is 2.56. The van der Waals surface area contributed by atoms with Gasteiger partial charge in [-0.25, -0.2) is 0 Å². The fourth-order valence-electron chi connectivity index (χ4n) is 14.4. The molecule has 0 spiro atoms. The van der Waals surface area contributed by atoms with Crippen molar-refractivity contribution in [1.29, 1.82) is 0 Å². The molecule has 0 aromatic carbocycles. The summed E-state index contributed by atoms with van der Waals surface area (Å²) in [5, 5.41) is 0. The monoisotopic (exact) mass is 1500 g/mol. The normalized spacial score (nSPS) is 20.0. The van der Waals surface area contributed by atoms with E-state index in [0.29, 0.717) is 79.3 Å². The van der Waals surface area contributed by atoms with Gasteiger partial charge >= 0.3 is 69.5 Å². The number of rotatable bonds is 72. The predicted octanol–water partition coefficient (Wildman–Crippen LogP) is 22.6. The van der Waals surface area contributed by atoms with E-state index in [-0.39, 0.29) is 0 Å². The van der Waals surface area contributed by atoms with Gasteiger partial charge in [-0.3, -0.25) is 0 Å². The lowest BCUT2D eigenvalue weighted by atomic mass is 10.1. The molecule has 1 saturated heterocycles. The quantitative estimate of drug-likeness (QED) is 0.0420. The first-order chi connectivity index (χ1) is 46.4. The standard InChI is InChI=1S/C72H160O16Si8/c1-17-73-93(74-18-2,75-19-3)69-61-53-45-37-29-33-41-49-57-65-89(13)85-90(14,66-58-50-42-34-30-38-46-54-62-70-94(76-20-4,77-21-5)78-22-6)87-92(16,68-60-52-44-36-32-40-48-56-64-72-96(82-26-10,83-27-11)84-28-12)88-91(15,86-89)67-59-51-43-35-31-39-47-55-63-71-95(79-23-7,80-24-8)81-25-9/h17-72H2,1-16H3. The number of hydrogen-bond donors (Lipinski definition) is 0. The SMILES string of the molecule is CCO[Si](CCCCCCCCCCC[Si]1(C)O[Si](C)(CCCCCCCCCCC[Si](OCC)(OCC)OCC)O[Si](C)(CCCCCCCCCCC[Si](OCC)(OCC)OCC)O[Si](C)(CCCCCCCCCCC[Si](OCC)(OCC)OCC)O1)(OCC)OCC. The van der Waals surface area contributed by atoms with Crippen LogP contribution in [-0.4, -0.2) is 149 Å². The van der Waals surface area contributed by atoms with Crippen molar-refractivity contribution in [1.82, 2.24) is 0 Å². The Hall–Kier alpha value is 1.10. The highest BCUT2D eigenvalue weighted by molar-refractivity contribution is 6.94. The second kappa shape index (κ2) is 59.3. The Labute approximate surface area is 603 Å². The molecule has 0 aliphatic carbocycles. The first-order valence-corrected chi connectivity index (χ1v) is 58.7. The van der Waals surface area contributed by atoms with Crippen molar-refractivity contribution in [2.45, 2.75) is 389 Å². The highest BCUT2D eigenvalue weighted by Crippen LogP contribution is 2.40. The van der Waals surface area contributed by atoms with Crippen LogP contribution in [0.4, 0.5) is 0 Å². The molecule has 0 aromatic rings. The van der Waals surface area contributed by atoms with Crippen LogP contribution in [0.5, 0.6) is 0 Å². The van der Waals surface area contributed by atoms with Gasteiger partial charge in [0.05, 0.1) is 0 Å². The first kappa shape index (κ1) is 95.1. The third kappa shape index (κ3) is 44.8. The molecule has 16 nitrogen and oxygen atoms in total. The summed E-state index contributed by atoms with van der Waals surface area (Å²) in [7, 11) is -21.1. The Kier molecular flexibility index (Phi) is 58.7. The Morgan fingerprint density at radius 1 is 0.167 bits per heavy atom. The highest BCUT2D eigenvalue weighted by atomic mass is 28.5. The molecule has 1 heterocycles. The van der Waals surface area contributed by atoms with Crippen LogP contribution in [0.1, 0.15) is 314 Å². The molecule has 96 heavy (non-hydrogen) atoms. The maximum Gasteiger partial charge on any atom is 0.500 e. The van der Waals surface area contributed by atoms with Crippen LogP contribution in [0, 0.1) is 0 Å². The summed E-state index contributed by atoms with van der Waals surface area (Å²) in [6.45, 7) is 41.9. The molecule has 0 radical (unpaired) electrons. The zero-order valence-corrected chi connectivity index (χ0v) is 74.1. The van der Waals surface area contributed by atoms with E-state index in [9.17, 15) is 0 Å². The van der Waals surface area contributed by atoms with E-state index in [1.54, 1.807) is 0 Å². The lowest BCUT2D eigenvalue weighted by Gasteiger charge is -2.50. The Bertz CT molecular complexity index is 1430. The molecule has 1 fully saturated rings. The van der Waals surface area contributed by atoms with Crippen LogP contribution >= 0.6 is 0 Å².